The van der Waals surface area contributed by atoms with E-state index in [1.807, 2.05) is 13.8 Å². The van der Waals surface area contributed by atoms with Crippen LogP contribution in [0.1, 0.15) is 32.3 Å². The van der Waals surface area contributed by atoms with Crippen molar-refractivity contribution in [3.05, 3.63) is 29.8 Å². The maximum Gasteiger partial charge on any atom is 0.119 e. The summed E-state index contributed by atoms with van der Waals surface area (Å²) in [6.07, 6.45) is 2.60. The first-order valence-electron chi connectivity index (χ1n) is 7.22. The van der Waals surface area contributed by atoms with Gasteiger partial charge in [-0.25, -0.2) is 0 Å². The molecule has 0 aliphatic heterocycles. The van der Waals surface area contributed by atoms with E-state index in [1.54, 1.807) is 0 Å². The molecule has 0 unspecified atom stereocenters. The zero-order valence-corrected chi connectivity index (χ0v) is 12.3. The largest absolute Gasteiger partial charge is 0.491 e. The lowest BCUT2D eigenvalue weighted by Gasteiger charge is -2.35. The van der Waals surface area contributed by atoms with E-state index in [9.17, 15) is 0 Å². The molecule has 2 N–H and O–H groups in total. The highest BCUT2D eigenvalue weighted by molar-refractivity contribution is 5.27. The van der Waals surface area contributed by atoms with Gasteiger partial charge in [0.1, 0.15) is 5.75 Å². The number of hydrogen-bond donors (Lipinski definition) is 1. The van der Waals surface area contributed by atoms with Crippen LogP contribution in [0.15, 0.2) is 24.3 Å². The second-order valence-corrected chi connectivity index (χ2v) is 6.10. The molecule has 1 aromatic carbocycles. The van der Waals surface area contributed by atoms with Gasteiger partial charge in [-0.2, -0.15) is 0 Å². The molecule has 3 heteroatoms. The minimum atomic E-state index is 0.233. The van der Waals surface area contributed by atoms with Crippen molar-refractivity contribution in [1.82, 2.24) is 4.90 Å². The molecule has 0 radical (unpaired) electrons. The van der Waals surface area contributed by atoms with Crippen LogP contribution >= 0.6 is 0 Å². The minimum Gasteiger partial charge on any atom is -0.491 e. The first-order chi connectivity index (χ1) is 9.02. The van der Waals surface area contributed by atoms with E-state index in [-0.39, 0.29) is 6.10 Å². The van der Waals surface area contributed by atoms with Gasteiger partial charge in [-0.05, 0) is 57.4 Å². The second-order valence-electron chi connectivity index (χ2n) is 6.10. The second kappa shape index (κ2) is 6.40. The predicted octanol–water partition coefficient (Wildman–Crippen LogP) is 2.64. The third kappa shape index (κ3) is 4.51. The Labute approximate surface area is 116 Å². The fraction of sp³-hybridized carbons (Fsp3) is 0.625. The van der Waals surface area contributed by atoms with Gasteiger partial charge in [0.15, 0.2) is 0 Å². The number of nitrogens with two attached hydrogens (primary N) is 1. The smallest absolute Gasteiger partial charge is 0.119 e. The molecule has 0 heterocycles. The molecule has 106 valence electrons. The maximum atomic E-state index is 5.82. The van der Waals surface area contributed by atoms with E-state index in [4.69, 9.17) is 10.5 Å². The van der Waals surface area contributed by atoms with Crippen molar-refractivity contribution in [3.8, 4) is 5.75 Å². The molecule has 0 spiro atoms. The lowest BCUT2D eigenvalue weighted by Crippen LogP contribution is -2.41. The average molecular weight is 262 g/mol. The highest BCUT2D eigenvalue weighted by atomic mass is 16.5. The van der Waals surface area contributed by atoms with E-state index < -0.39 is 0 Å². The Bertz CT molecular complexity index is 382. The maximum absolute atomic E-state index is 5.82. The summed E-state index contributed by atoms with van der Waals surface area (Å²) in [5.74, 6) is 1.75. The van der Waals surface area contributed by atoms with Crippen LogP contribution in [0.4, 0.5) is 0 Å². The van der Waals surface area contributed by atoms with E-state index >= 15 is 0 Å². The van der Waals surface area contributed by atoms with E-state index in [0.29, 0.717) is 6.04 Å². The Hall–Kier alpha value is -1.06. The van der Waals surface area contributed by atoms with Gasteiger partial charge in [-0.1, -0.05) is 12.1 Å². The first kappa shape index (κ1) is 14.4. The lowest BCUT2D eigenvalue weighted by molar-refractivity contribution is 0.178. The third-order valence-corrected chi connectivity index (χ3v) is 3.59. The number of nitrogens with zero attached hydrogens (tertiary/aromatic N) is 1. The zero-order chi connectivity index (χ0) is 13.8. The monoisotopic (exact) mass is 262 g/mol. The summed E-state index contributed by atoms with van der Waals surface area (Å²) in [5.41, 5.74) is 7.16. The molecule has 0 atom stereocenters. The van der Waals surface area contributed by atoms with Crippen molar-refractivity contribution in [2.45, 2.75) is 45.4 Å². The molecule has 19 heavy (non-hydrogen) atoms. The van der Waals surface area contributed by atoms with Crippen LogP contribution in [-0.4, -0.2) is 30.6 Å². The van der Waals surface area contributed by atoms with Gasteiger partial charge in [0.25, 0.3) is 0 Å². The molecule has 0 amide bonds. The van der Waals surface area contributed by atoms with Gasteiger partial charge in [0.2, 0.25) is 0 Å². The normalized spacial score (nSPS) is 22.6. The van der Waals surface area contributed by atoms with Crippen molar-refractivity contribution in [1.29, 1.82) is 0 Å². The lowest BCUT2D eigenvalue weighted by atomic mass is 9.80. The van der Waals surface area contributed by atoms with E-state index in [1.165, 1.54) is 18.4 Å². The molecule has 0 saturated heterocycles. The van der Waals surface area contributed by atoms with Crippen molar-refractivity contribution in [2.75, 3.05) is 13.6 Å². The number of benzene rings is 1. The molecular weight excluding hydrogens is 236 g/mol. The molecule has 1 fully saturated rings. The quantitative estimate of drug-likeness (QED) is 0.856. The fourth-order valence-corrected chi connectivity index (χ4v) is 2.70. The summed E-state index contributed by atoms with van der Waals surface area (Å²) in [6.45, 7) is 6.24. The van der Waals surface area contributed by atoms with Crippen LogP contribution in [0.25, 0.3) is 0 Å². The summed E-state index contributed by atoms with van der Waals surface area (Å²) in [5, 5.41) is 0. The standard InChI is InChI=1S/C16H26N2O/c1-12(2)19-16-6-4-13(5-7-16)10-18(3)11-14-8-15(17)9-14/h4-7,12,14-15H,8-11,17H2,1-3H3. The van der Waals surface area contributed by atoms with Crippen molar-refractivity contribution < 1.29 is 4.74 Å². The van der Waals surface area contributed by atoms with Gasteiger partial charge in [-0.15, -0.1) is 0 Å². The van der Waals surface area contributed by atoms with E-state index in [2.05, 4.69) is 36.2 Å². The van der Waals surface area contributed by atoms with E-state index in [0.717, 1.165) is 24.8 Å². The minimum absolute atomic E-state index is 0.233. The molecule has 0 aromatic heterocycles. The average Bonchev–Trinajstić information content (AvgIpc) is 2.29. The van der Waals surface area contributed by atoms with Crippen LogP contribution in [0.5, 0.6) is 5.75 Å². The Morgan fingerprint density at radius 3 is 2.42 bits per heavy atom. The molecule has 0 bridgehead atoms. The molecule has 1 saturated carbocycles. The van der Waals surface area contributed by atoms with Gasteiger partial charge in [0, 0.05) is 19.1 Å². The highest BCUT2D eigenvalue weighted by Crippen LogP contribution is 2.26. The van der Waals surface area contributed by atoms with Gasteiger partial charge >= 0.3 is 0 Å². The Balaban J connectivity index is 1.78. The van der Waals surface area contributed by atoms with Gasteiger partial charge < -0.3 is 15.4 Å². The van der Waals surface area contributed by atoms with Crippen molar-refractivity contribution in [3.63, 3.8) is 0 Å². The van der Waals surface area contributed by atoms with Crippen molar-refractivity contribution >= 4 is 0 Å². The molecule has 1 aromatic rings. The Morgan fingerprint density at radius 2 is 1.89 bits per heavy atom. The molecule has 1 aliphatic carbocycles. The molecule has 2 rings (SSSR count). The van der Waals surface area contributed by atoms with Crippen LogP contribution in [-0.2, 0) is 6.54 Å². The summed E-state index contributed by atoms with van der Waals surface area (Å²) in [6, 6.07) is 8.87. The Morgan fingerprint density at radius 1 is 1.26 bits per heavy atom. The first-order valence-corrected chi connectivity index (χ1v) is 7.22. The summed E-state index contributed by atoms with van der Waals surface area (Å²) >= 11 is 0. The summed E-state index contributed by atoms with van der Waals surface area (Å²) in [4.78, 5) is 2.38. The number of rotatable bonds is 6. The van der Waals surface area contributed by atoms with Crippen molar-refractivity contribution in [2.24, 2.45) is 11.7 Å². The van der Waals surface area contributed by atoms with Crippen LogP contribution in [0.2, 0.25) is 0 Å². The third-order valence-electron chi connectivity index (χ3n) is 3.59. The molecular formula is C16H26N2O. The summed E-state index contributed by atoms with van der Waals surface area (Å²) < 4.78 is 5.65. The number of ether oxygens (including phenoxy) is 1. The SMILES string of the molecule is CC(C)Oc1ccc(CN(C)CC2CC(N)C2)cc1. The van der Waals surface area contributed by atoms with Crippen LogP contribution < -0.4 is 10.5 Å². The molecule has 3 nitrogen and oxygen atoms in total. The summed E-state index contributed by atoms with van der Waals surface area (Å²) in [7, 11) is 2.18. The van der Waals surface area contributed by atoms with Gasteiger partial charge in [-0.3, -0.25) is 0 Å². The van der Waals surface area contributed by atoms with Crippen LogP contribution in [0, 0.1) is 5.92 Å². The number of hydrogen-bond acceptors (Lipinski definition) is 3. The van der Waals surface area contributed by atoms with Crippen LogP contribution in [0.3, 0.4) is 0 Å². The predicted molar refractivity (Wildman–Crippen MR) is 79.2 cm³/mol. The zero-order valence-electron chi connectivity index (χ0n) is 12.3. The van der Waals surface area contributed by atoms with Gasteiger partial charge in [0.05, 0.1) is 6.10 Å². The Kier molecular flexibility index (Phi) is 4.83. The molecule has 1 aliphatic rings. The highest BCUT2D eigenvalue weighted by Gasteiger charge is 2.26. The topological polar surface area (TPSA) is 38.5 Å². The fourth-order valence-electron chi connectivity index (χ4n) is 2.70.